The molecule has 0 spiro atoms. The molecule has 0 aliphatic rings. The summed E-state index contributed by atoms with van der Waals surface area (Å²) >= 11 is 6.17. The third-order valence-electron chi connectivity index (χ3n) is 5.26. The van der Waals surface area contributed by atoms with Crippen LogP contribution in [0.1, 0.15) is 31.9 Å². The summed E-state index contributed by atoms with van der Waals surface area (Å²) in [5.41, 5.74) is 0.660. The van der Waals surface area contributed by atoms with Crippen LogP contribution >= 0.6 is 11.6 Å². The molecule has 0 aliphatic heterocycles. The predicted octanol–water partition coefficient (Wildman–Crippen LogP) is 5.41. The predicted molar refractivity (Wildman–Crippen MR) is 136 cm³/mol. The van der Waals surface area contributed by atoms with Crippen LogP contribution in [-0.2, 0) is 22.6 Å². The summed E-state index contributed by atoms with van der Waals surface area (Å²) in [5.74, 6) is -0.888. The molecule has 0 unspecified atom stereocenters. The molecule has 35 heavy (non-hydrogen) atoms. The second-order valence-corrected chi connectivity index (χ2v) is 9.68. The smallest absolute Gasteiger partial charge is 0.261 e. The van der Waals surface area contributed by atoms with E-state index in [0.29, 0.717) is 16.3 Å². The van der Waals surface area contributed by atoms with Gasteiger partial charge in [0.15, 0.2) is 6.61 Å². The fraction of sp³-hybridized carbons (Fsp3) is 0.286. The molecule has 5 nitrogen and oxygen atoms in total. The van der Waals surface area contributed by atoms with E-state index in [1.807, 2.05) is 51.1 Å². The molecule has 0 radical (unpaired) electrons. The Kier molecular flexibility index (Phi) is 8.88. The van der Waals surface area contributed by atoms with Crippen LogP contribution in [-0.4, -0.2) is 34.9 Å². The minimum atomic E-state index is -0.890. The fourth-order valence-corrected chi connectivity index (χ4v) is 3.79. The second kappa shape index (κ2) is 11.8. The average Bonchev–Trinajstić information content (AvgIpc) is 2.81. The molecular formula is C28H30ClFN2O3. The lowest BCUT2D eigenvalue weighted by molar-refractivity contribution is -0.143. The van der Waals surface area contributed by atoms with Gasteiger partial charge in [-0.2, -0.15) is 0 Å². The summed E-state index contributed by atoms with van der Waals surface area (Å²) in [6.45, 7) is 5.16. The van der Waals surface area contributed by atoms with Gasteiger partial charge < -0.3 is 15.0 Å². The molecule has 3 aromatic carbocycles. The van der Waals surface area contributed by atoms with Gasteiger partial charge in [0.25, 0.3) is 5.91 Å². The molecule has 0 saturated carbocycles. The highest BCUT2D eigenvalue weighted by Gasteiger charge is 2.33. The van der Waals surface area contributed by atoms with Gasteiger partial charge in [0.05, 0.1) is 5.02 Å². The molecule has 1 atom stereocenters. The Labute approximate surface area is 210 Å². The van der Waals surface area contributed by atoms with E-state index in [1.165, 1.54) is 11.0 Å². The monoisotopic (exact) mass is 496 g/mol. The topological polar surface area (TPSA) is 58.6 Å². The van der Waals surface area contributed by atoms with E-state index in [0.717, 1.165) is 5.56 Å². The maximum atomic E-state index is 14.6. The van der Waals surface area contributed by atoms with Crippen molar-refractivity contribution in [3.63, 3.8) is 0 Å². The first kappa shape index (κ1) is 26.2. The Bertz CT molecular complexity index is 1150. The van der Waals surface area contributed by atoms with Crippen molar-refractivity contribution in [1.29, 1.82) is 0 Å². The van der Waals surface area contributed by atoms with Crippen molar-refractivity contribution in [1.82, 2.24) is 10.2 Å². The van der Waals surface area contributed by atoms with Crippen molar-refractivity contribution in [3.8, 4) is 5.75 Å². The van der Waals surface area contributed by atoms with Crippen LogP contribution in [0.2, 0.25) is 5.02 Å². The first-order chi connectivity index (χ1) is 16.6. The maximum absolute atomic E-state index is 14.6. The molecular weight excluding hydrogens is 467 g/mol. The summed E-state index contributed by atoms with van der Waals surface area (Å²) in [4.78, 5) is 28.3. The summed E-state index contributed by atoms with van der Waals surface area (Å²) in [6.07, 6.45) is 0.259. The largest absolute Gasteiger partial charge is 0.482 e. The third-order valence-corrected chi connectivity index (χ3v) is 5.57. The normalized spacial score (nSPS) is 12.0. The molecule has 184 valence electrons. The molecule has 2 amide bonds. The number of ether oxygens (including phenoxy) is 1. The van der Waals surface area contributed by atoms with Gasteiger partial charge in [0, 0.05) is 24.1 Å². The number of nitrogens with zero attached hydrogens (tertiary/aromatic N) is 1. The molecule has 3 rings (SSSR count). The molecule has 0 bridgehead atoms. The molecule has 0 saturated heterocycles. The standard InChI is InChI=1S/C28H30ClFN2O3/c1-28(2,3)31-27(34)24(17-20-11-5-4-6-12-20)32(18-21-13-7-9-15-23(21)30)26(33)19-35-25-16-10-8-14-22(25)29/h4-16,24H,17-19H2,1-3H3,(H,31,34)/t24-/m1/s1. The second-order valence-electron chi connectivity index (χ2n) is 9.28. The number of benzene rings is 3. The molecule has 3 aromatic rings. The molecule has 0 fully saturated rings. The number of halogens is 2. The first-order valence-corrected chi connectivity index (χ1v) is 11.8. The molecule has 0 aromatic heterocycles. The number of para-hydroxylation sites is 1. The van der Waals surface area contributed by atoms with Gasteiger partial charge in [0.1, 0.15) is 17.6 Å². The van der Waals surface area contributed by atoms with Crippen molar-refractivity contribution < 1.29 is 18.7 Å². The van der Waals surface area contributed by atoms with E-state index in [2.05, 4.69) is 5.32 Å². The van der Waals surface area contributed by atoms with Crippen LogP contribution in [0.15, 0.2) is 78.9 Å². The summed E-state index contributed by atoms with van der Waals surface area (Å²) in [5, 5.41) is 3.34. The van der Waals surface area contributed by atoms with E-state index >= 15 is 0 Å². The van der Waals surface area contributed by atoms with E-state index in [-0.39, 0.29) is 25.5 Å². The number of carbonyl (C=O) groups excluding carboxylic acids is 2. The van der Waals surface area contributed by atoms with E-state index in [9.17, 15) is 14.0 Å². The maximum Gasteiger partial charge on any atom is 0.261 e. The number of hydrogen-bond donors (Lipinski definition) is 1. The van der Waals surface area contributed by atoms with Crippen LogP contribution in [0, 0.1) is 5.82 Å². The lowest BCUT2D eigenvalue weighted by Gasteiger charge is -2.33. The van der Waals surface area contributed by atoms with Crippen molar-refractivity contribution >= 4 is 23.4 Å². The van der Waals surface area contributed by atoms with Gasteiger partial charge in [-0.3, -0.25) is 9.59 Å². The number of rotatable bonds is 9. The summed E-state index contributed by atoms with van der Waals surface area (Å²) in [6, 6.07) is 21.6. The molecule has 0 heterocycles. The van der Waals surface area contributed by atoms with Crippen LogP contribution in [0.3, 0.4) is 0 Å². The highest BCUT2D eigenvalue weighted by Crippen LogP contribution is 2.24. The Morgan fingerprint density at radius 2 is 1.60 bits per heavy atom. The van der Waals surface area contributed by atoms with Crippen LogP contribution in [0.5, 0.6) is 5.75 Å². The lowest BCUT2D eigenvalue weighted by Crippen LogP contribution is -2.55. The third kappa shape index (κ3) is 7.82. The van der Waals surface area contributed by atoms with E-state index < -0.39 is 23.3 Å². The first-order valence-electron chi connectivity index (χ1n) is 11.4. The molecule has 7 heteroatoms. The van der Waals surface area contributed by atoms with Crippen molar-refractivity contribution in [2.75, 3.05) is 6.61 Å². The van der Waals surface area contributed by atoms with Crippen molar-refractivity contribution in [2.45, 2.75) is 45.3 Å². The zero-order valence-corrected chi connectivity index (χ0v) is 20.9. The summed E-state index contributed by atoms with van der Waals surface area (Å²) in [7, 11) is 0. The molecule has 1 N–H and O–H groups in total. The SMILES string of the molecule is CC(C)(C)NC(=O)[C@@H](Cc1ccccc1)N(Cc1ccccc1F)C(=O)COc1ccccc1Cl. The van der Waals surface area contributed by atoms with E-state index in [4.69, 9.17) is 16.3 Å². The van der Waals surface area contributed by atoms with E-state index in [1.54, 1.807) is 42.5 Å². The zero-order valence-electron chi connectivity index (χ0n) is 20.1. The van der Waals surface area contributed by atoms with Gasteiger partial charge in [-0.25, -0.2) is 4.39 Å². The van der Waals surface area contributed by atoms with Crippen molar-refractivity contribution in [2.24, 2.45) is 0 Å². The van der Waals surface area contributed by atoms with Crippen LogP contribution < -0.4 is 10.1 Å². The van der Waals surface area contributed by atoms with Gasteiger partial charge in [-0.05, 0) is 44.5 Å². The van der Waals surface area contributed by atoms with Crippen molar-refractivity contribution in [3.05, 3.63) is 101 Å². The quantitative estimate of drug-likeness (QED) is 0.430. The Hall–Kier alpha value is -3.38. The van der Waals surface area contributed by atoms with Gasteiger partial charge in [-0.15, -0.1) is 0 Å². The van der Waals surface area contributed by atoms with Crippen LogP contribution in [0.25, 0.3) is 0 Å². The highest BCUT2D eigenvalue weighted by molar-refractivity contribution is 6.32. The number of carbonyl (C=O) groups is 2. The highest BCUT2D eigenvalue weighted by atomic mass is 35.5. The van der Waals surface area contributed by atoms with Gasteiger partial charge >= 0.3 is 0 Å². The Morgan fingerprint density at radius 1 is 0.971 bits per heavy atom. The number of hydrogen-bond acceptors (Lipinski definition) is 3. The lowest BCUT2D eigenvalue weighted by atomic mass is 10.0. The Balaban J connectivity index is 1.95. The zero-order chi connectivity index (χ0) is 25.4. The molecule has 0 aliphatic carbocycles. The summed E-state index contributed by atoms with van der Waals surface area (Å²) < 4.78 is 20.3. The minimum Gasteiger partial charge on any atom is -0.482 e. The van der Waals surface area contributed by atoms with Gasteiger partial charge in [-0.1, -0.05) is 72.3 Å². The number of amides is 2. The Morgan fingerprint density at radius 3 is 2.26 bits per heavy atom. The van der Waals surface area contributed by atoms with Gasteiger partial charge in [0.2, 0.25) is 5.91 Å². The average molecular weight is 497 g/mol. The van der Waals surface area contributed by atoms with Crippen LogP contribution in [0.4, 0.5) is 4.39 Å². The minimum absolute atomic E-state index is 0.0908. The fourth-order valence-electron chi connectivity index (χ4n) is 3.60. The number of nitrogens with one attached hydrogen (secondary N) is 1.